The van der Waals surface area contributed by atoms with Gasteiger partial charge in [-0.3, -0.25) is 9.78 Å². The second kappa shape index (κ2) is 7.80. The van der Waals surface area contributed by atoms with Crippen LogP contribution in [0.5, 0.6) is 5.75 Å². The van der Waals surface area contributed by atoms with Crippen molar-refractivity contribution in [2.45, 2.75) is 19.8 Å². The number of aromatic nitrogens is 1. The van der Waals surface area contributed by atoms with Crippen LogP contribution in [0.1, 0.15) is 35.7 Å². The summed E-state index contributed by atoms with van der Waals surface area (Å²) in [4.78, 5) is 16.0. The van der Waals surface area contributed by atoms with Crippen molar-refractivity contribution in [2.75, 3.05) is 17.7 Å². The lowest BCUT2D eigenvalue weighted by atomic mass is 10.2. The lowest BCUT2D eigenvalue weighted by Crippen LogP contribution is -2.12. The average Bonchev–Trinajstić information content (AvgIpc) is 2.56. The van der Waals surface area contributed by atoms with Crippen molar-refractivity contribution in [2.24, 2.45) is 0 Å². The van der Waals surface area contributed by atoms with E-state index in [4.69, 9.17) is 10.5 Å². The number of carbonyl (C=O) groups is 1. The van der Waals surface area contributed by atoms with Crippen molar-refractivity contribution < 1.29 is 9.53 Å². The highest BCUT2D eigenvalue weighted by Crippen LogP contribution is 2.23. The average molecular weight is 310 g/mol. The quantitative estimate of drug-likeness (QED) is 0.799. The van der Waals surface area contributed by atoms with Gasteiger partial charge >= 0.3 is 0 Å². The SMILES string of the molecule is CCCCOc1ccc(NC(=O)c2cncc(N)c2)cc1C#N. The van der Waals surface area contributed by atoms with Gasteiger partial charge in [0.1, 0.15) is 11.8 Å². The van der Waals surface area contributed by atoms with E-state index >= 15 is 0 Å². The second-order valence-electron chi connectivity index (χ2n) is 4.99. The number of nitriles is 1. The molecule has 2 aromatic rings. The number of carbonyl (C=O) groups excluding carboxylic acids is 1. The smallest absolute Gasteiger partial charge is 0.257 e. The molecule has 0 aliphatic heterocycles. The lowest BCUT2D eigenvalue weighted by molar-refractivity contribution is 0.102. The molecule has 118 valence electrons. The van der Waals surface area contributed by atoms with Gasteiger partial charge in [0.05, 0.1) is 23.4 Å². The number of ether oxygens (including phenoxy) is 1. The third-order valence-electron chi connectivity index (χ3n) is 3.13. The molecule has 0 aliphatic carbocycles. The Labute approximate surface area is 134 Å². The number of hydrogen-bond acceptors (Lipinski definition) is 5. The van der Waals surface area contributed by atoms with E-state index in [9.17, 15) is 10.1 Å². The maximum Gasteiger partial charge on any atom is 0.257 e. The lowest BCUT2D eigenvalue weighted by Gasteiger charge is -2.10. The van der Waals surface area contributed by atoms with Gasteiger partial charge < -0.3 is 15.8 Å². The summed E-state index contributed by atoms with van der Waals surface area (Å²) >= 11 is 0. The summed E-state index contributed by atoms with van der Waals surface area (Å²) in [6, 6.07) is 8.57. The maximum absolute atomic E-state index is 12.1. The Morgan fingerprint density at radius 1 is 1.39 bits per heavy atom. The fourth-order valence-electron chi connectivity index (χ4n) is 1.93. The zero-order valence-electron chi connectivity index (χ0n) is 12.9. The highest BCUT2D eigenvalue weighted by atomic mass is 16.5. The number of anilines is 2. The molecule has 0 saturated heterocycles. The predicted molar refractivity (Wildman–Crippen MR) is 88.2 cm³/mol. The molecule has 23 heavy (non-hydrogen) atoms. The third kappa shape index (κ3) is 4.45. The van der Waals surface area contributed by atoms with Gasteiger partial charge in [-0.15, -0.1) is 0 Å². The number of benzene rings is 1. The van der Waals surface area contributed by atoms with Gasteiger partial charge in [-0.2, -0.15) is 5.26 Å². The molecule has 6 heteroatoms. The van der Waals surface area contributed by atoms with E-state index < -0.39 is 0 Å². The molecule has 0 bridgehead atoms. The fourth-order valence-corrected chi connectivity index (χ4v) is 1.93. The van der Waals surface area contributed by atoms with E-state index in [0.717, 1.165) is 12.8 Å². The van der Waals surface area contributed by atoms with Crippen LogP contribution in [0.4, 0.5) is 11.4 Å². The zero-order valence-corrected chi connectivity index (χ0v) is 12.9. The number of nitrogen functional groups attached to an aromatic ring is 1. The minimum atomic E-state index is -0.339. The normalized spacial score (nSPS) is 9.91. The molecule has 0 saturated carbocycles. The summed E-state index contributed by atoms with van der Waals surface area (Å²) in [6.07, 6.45) is 4.84. The first-order valence-corrected chi connectivity index (χ1v) is 7.33. The summed E-state index contributed by atoms with van der Waals surface area (Å²) in [5.41, 5.74) is 7.27. The van der Waals surface area contributed by atoms with Crippen molar-refractivity contribution in [1.82, 2.24) is 4.98 Å². The van der Waals surface area contributed by atoms with E-state index in [1.54, 1.807) is 18.2 Å². The van der Waals surface area contributed by atoms with Crippen LogP contribution in [0.15, 0.2) is 36.7 Å². The van der Waals surface area contributed by atoms with Crippen molar-refractivity contribution >= 4 is 17.3 Å². The second-order valence-corrected chi connectivity index (χ2v) is 4.99. The van der Waals surface area contributed by atoms with Crippen molar-refractivity contribution in [1.29, 1.82) is 5.26 Å². The molecule has 0 atom stereocenters. The number of amides is 1. The number of rotatable bonds is 6. The maximum atomic E-state index is 12.1. The predicted octanol–water partition coefficient (Wildman–Crippen LogP) is 2.97. The summed E-state index contributed by atoms with van der Waals surface area (Å²) in [5.74, 6) is 0.179. The molecule has 1 heterocycles. The molecule has 0 spiro atoms. The highest BCUT2D eigenvalue weighted by Gasteiger charge is 2.10. The van der Waals surface area contributed by atoms with E-state index in [1.165, 1.54) is 18.5 Å². The molecular weight excluding hydrogens is 292 g/mol. The van der Waals surface area contributed by atoms with E-state index in [-0.39, 0.29) is 5.91 Å². The molecule has 0 unspecified atom stereocenters. The molecule has 1 aromatic carbocycles. The zero-order chi connectivity index (χ0) is 16.7. The van der Waals surface area contributed by atoms with E-state index in [0.29, 0.717) is 34.9 Å². The standard InChI is InChI=1S/C17H18N4O2/c1-2-3-6-23-16-5-4-15(8-12(16)9-18)21-17(22)13-7-14(19)11-20-10-13/h4-5,7-8,10-11H,2-3,6,19H2,1H3,(H,21,22). The number of nitrogens with zero attached hydrogens (tertiary/aromatic N) is 2. The Hall–Kier alpha value is -3.07. The Kier molecular flexibility index (Phi) is 5.53. The molecule has 3 N–H and O–H groups in total. The monoisotopic (exact) mass is 310 g/mol. The molecule has 1 amide bonds. The molecule has 0 aliphatic rings. The first kappa shape index (κ1) is 16.3. The Morgan fingerprint density at radius 3 is 2.91 bits per heavy atom. The van der Waals surface area contributed by atoms with Crippen LogP contribution < -0.4 is 15.8 Å². The van der Waals surface area contributed by atoms with Crippen LogP contribution in [0.2, 0.25) is 0 Å². The number of pyridine rings is 1. The van der Waals surface area contributed by atoms with Gasteiger partial charge in [-0.1, -0.05) is 13.3 Å². The highest BCUT2D eigenvalue weighted by molar-refractivity contribution is 6.04. The number of hydrogen-bond donors (Lipinski definition) is 2. The number of unbranched alkanes of at least 4 members (excludes halogenated alkanes) is 1. The summed E-state index contributed by atoms with van der Waals surface area (Å²) in [6.45, 7) is 2.63. The van der Waals surface area contributed by atoms with E-state index in [2.05, 4.69) is 23.3 Å². The van der Waals surface area contributed by atoms with Crippen LogP contribution in [0.25, 0.3) is 0 Å². The van der Waals surface area contributed by atoms with Gasteiger partial charge in [0.25, 0.3) is 5.91 Å². The van der Waals surface area contributed by atoms with Gasteiger partial charge in [-0.05, 0) is 30.7 Å². The minimum Gasteiger partial charge on any atom is -0.492 e. The largest absolute Gasteiger partial charge is 0.492 e. The molecule has 6 nitrogen and oxygen atoms in total. The summed E-state index contributed by atoms with van der Waals surface area (Å²) < 4.78 is 5.57. The first-order valence-electron chi connectivity index (χ1n) is 7.33. The van der Waals surface area contributed by atoms with Crippen molar-refractivity contribution in [3.63, 3.8) is 0 Å². The topological polar surface area (TPSA) is 101 Å². The van der Waals surface area contributed by atoms with E-state index in [1.807, 2.05) is 0 Å². The molecule has 2 rings (SSSR count). The van der Waals surface area contributed by atoms with Crippen molar-refractivity contribution in [3.8, 4) is 11.8 Å². The van der Waals surface area contributed by atoms with Crippen LogP contribution in [0.3, 0.4) is 0 Å². The van der Waals surface area contributed by atoms with Crippen LogP contribution in [0, 0.1) is 11.3 Å². The van der Waals surface area contributed by atoms with Crippen molar-refractivity contribution in [3.05, 3.63) is 47.8 Å². The molecule has 1 aromatic heterocycles. The molecular formula is C17H18N4O2. The van der Waals surface area contributed by atoms with Gasteiger partial charge in [0.2, 0.25) is 0 Å². The first-order chi connectivity index (χ1) is 11.1. The molecule has 0 radical (unpaired) electrons. The van der Waals surface area contributed by atoms with Crippen LogP contribution in [-0.2, 0) is 0 Å². The molecule has 0 fully saturated rings. The Bertz CT molecular complexity index is 738. The number of nitrogens with two attached hydrogens (primary N) is 1. The van der Waals surface area contributed by atoms with Gasteiger partial charge in [-0.25, -0.2) is 0 Å². The fraction of sp³-hybridized carbons (Fsp3) is 0.235. The number of nitrogens with one attached hydrogen (secondary N) is 1. The van der Waals surface area contributed by atoms with Gasteiger partial charge in [0.15, 0.2) is 0 Å². The van der Waals surface area contributed by atoms with Crippen LogP contribution in [-0.4, -0.2) is 17.5 Å². The summed E-state index contributed by atoms with van der Waals surface area (Å²) in [5, 5.41) is 11.9. The van der Waals surface area contributed by atoms with Crippen LogP contribution >= 0.6 is 0 Å². The summed E-state index contributed by atoms with van der Waals surface area (Å²) in [7, 11) is 0. The van der Waals surface area contributed by atoms with Gasteiger partial charge in [0, 0.05) is 18.1 Å². The Morgan fingerprint density at radius 2 is 2.22 bits per heavy atom. The Balaban J connectivity index is 2.11. The third-order valence-corrected chi connectivity index (χ3v) is 3.13. The minimum absolute atomic E-state index is 0.339.